The number of carbonyl (C=O) groups is 3. The van der Waals surface area contributed by atoms with Gasteiger partial charge in [-0.15, -0.1) is 11.3 Å². The van der Waals surface area contributed by atoms with Gasteiger partial charge in [0.25, 0.3) is 5.91 Å². The molecule has 2 aromatic rings. The molecule has 0 aromatic carbocycles. The van der Waals surface area contributed by atoms with E-state index < -0.39 is 5.97 Å². The average Bonchev–Trinajstić information content (AvgIpc) is 3.71. The maximum absolute atomic E-state index is 13.2. The molecule has 2 amide bonds. The first-order valence-electron chi connectivity index (χ1n) is 11.5. The first-order valence-corrected chi connectivity index (χ1v) is 12.3. The smallest absolute Gasteiger partial charge is 0.358 e. The molecule has 0 radical (unpaired) electrons. The fourth-order valence-corrected chi connectivity index (χ4v) is 5.45. The van der Waals surface area contributed by atoms with Crippen LogP contribution in [-0.2, 0) is 22.4 Å². The lowest BCUT2D eigenvalue weighted by Crippen LogP contribution is -2.28. The largest absolute Gasteiger partial charge is 0.461 e. The molecule has 1 unspecified atom stereocenters. The van der Waals surface area contributed by atoms with Crippen LogP contribution in [0.5, 0.6) is 0 Å². The average molecular weight is 457 g/mol. The Hall–Kier alpha value is -2.68. The zero-order valence-corrected chi connectivity index (χ0v) is 19.0. The van der Waals surface area contributed by atoms with E-state index in [1.54, 1.807) is 19.4 Å². The number of imidazole rings is 1. The third kappa shape index (κ3) is 4.44. The summed E-state index contributed by atoms with van der Waals surface area (Å²) in [5.74, 6) is 0.155. The summed E-state index contributed by atoms with van der Waals surface area (Å²) in [5.41, 5.74) is 1.93. The Morgan fingerprint density at radius 2 is 2.03 bits per heavy atom. The van der Waals surface area contributed by atoms with Crippen LogP contribution in [0.15, 0.2) is 12.5 Å². The summed E-state index contributed by atoms with van der Waals surface area (Å²) in [4.78, 5) is 43.0. The van der Waals surface area contributed by atoms with Gasteiger partial charge < -0.3 is 19.9 Å². The van der Waals surface area contributed by atoms with Crippen LogP contribution < -0.4 is 10.6 Å². The molecule has 3 aliphatic rings. The van der Waals surface area contributed by atoms with Crippen LogP contribution in [0.2, 0.25) is 0 Å². The SMILES string of the molecule is CCOC(=O)c1cn(C2CCc3sc(NC(=O)C4CC4)c(C(=O)NCC4CC4)c3C2)cn1. The predicted octanol–water partition coefficient (Wildman–Crippen LogP) is 3.34. The van der Waals surface area contributed by atoms with Crippen LogP contribution in [0.25, 0.3) is 0 Å². The van der Waals surface area contributed by atoms with Crippen LogP contribution in [0.3, 0.4) is 0 Å². The highest BCUT2D eigenvalue weighted by atomic mass is 32.1. The summed E-state index contributed by atoms with van der Waals surface area (Å²) in [5, 5.41) is 6.80. The van der Waals surface area contributed by atoms with Crippen LogP contribution in [0, 0.1) is 11.8 Å². The Balaban J connectivity index is 1.39. The van der Waals surface area contributed by atoms with Crippen molar-refractivity contribution in [3.8, 4) is 0 Å². The van der Waals surface area contributed by atoms with E-state index in [2.05, 4.69) is 15.6 Å². The van der Waals surface area contributed by atoms with Crippen LogP contribution in [0.4, 0.5) is 5.00 Å². The third-order valence-electron chi connectivity index (χ3n) is 6.40. The number of aromatic nitrogens is 2. The highest BCUT2D eigenvalue weighted by Crippen LogP contribution is 2.42. The van der Waals surface area contributed by atoms with Crippen LogP contribution >= 0.6 is 11.3 Å². The van der Waals surface area contributed by atoms with Gasteiger partial charge in [0.2, 0.25) is 5.91 Å². The van der Waals surface area contributed by atoms with Crippen molar-refractivity contribution in [1.29, 1.82) is 0 Å². The summed E-state index contributed by atoms with van der Waals surface area (Å²) in [7, 11) is 0. The number of aryl methyl sites for hydroxylation is 1. The van der Waals surface area contributed by atoms with E-state index in [0.717, 1.165) is 36.1 Å². The Kier molecular flexibility index (Phi) is 5.75. The number of fused-ring (bicyclic) bond motifs is 1. The van der Waals surface area contributed by atoms with E-state index in [1.165, 1.54) is 24.2 Å². The van der Waals surface area contributed by atoms with Gasteiger partial charge in [0.15, 0.2) is 5.69 Å². The number of rotatable bonds is 8. The fourth-order valence-electron chi connectivity index (χ4n) is 4.20. The molecule has 0 bridgehead atoms. The summed E-state index contributed by atoms with van der Waals surface area (Å²) in [6, 6.07) is 0.0924. The quantitative estimate of drug-likeness (QED) is 0.593. The molecule has 170 valence electrons. The van der Waals surface area contributed by atoms with Crippen molar-refractivity contribution in [3.63, 3.8) is 0 Å². The number of nitrogens with one attached hydrogen (secondary N) is 2. The minimum atomic E-state index is -0.427. The second-order valence-corrected chi connectivity index (χ2v) is 10.1. The van der Waals surface area contributed by atoms with Crippen LogP contribution in [0.1, 0.15) is 76.4 Å². The van der Waals surface area contributed by atoms with Gasteiger partial charge in [-0.1, -0.05) is 0 Å². The van der Waals surface area contributed by atoms with Gasteiger partial charge in [-0.2, -0.15) is 0 Å². The number of hydrogen-bond donors (Lipinski definition) is 2. The standard InChI is InChI=1S/C23H28N4O4S/c1-2-31-23(30)17-11-27(12-25-17)15-7-8-18-16(9-15)19(21(29)24-10-13-3-4-13)22(32-18)26-20(28)14-5-6-14/h11-15H,2-10H2,1H3,(H,24,29)(H,26,28). The normalized spacial score (nSPS) is 19.8. The molecular formula is C23H28N4O4S. The van der Waals surface area contributed by atoms with Gasteiger partial charge in [-0.05, 0) is 63.4 Å². The number of amides is 2. The summed E-state index contributed by atoms with van der Waals surface area (Å²) < 4.78 is 6.99. The highest BCUT2D eigenvalue weighted by Gasteiger charge is 2.34. The molecule has 2 saturated carbocycles. The lowest BCUT2D eigenvalue weighted by Gasteiger charge is -2.24. The number of nitrogens with zero attached hydrogens (tertiary/aromatic N) is 2. The summed E-state index contributed by atoms with van der Waals surface area (Å²) in [6.07, 6.45) is 9.93. The Morgan fingerprint density at radius 1 is 1.22 bits per heavy atom. The van der Waals surface area contributed by atoms with Crippen molar-refractivity contribution < 1.29 is 19.1 Å². The maximum Gasteiger partial charge on any atom is 0.358 e. The molecule has 32 heavy (non-hydrogen) atoms. The molecule has 3 aliphatic carbocycles. The topological polar surface area (TPSA) is 102 Å². The minimum absolute atomic E-state index is 0.0186. The fraction of sp³-hybridized carbons (Fsp3) is 0.565. The van der Waals surface area contributed by atoms with Gasteiger partial charge >= 0.3 is 5.97 Å². The molecule has 0 saturated heterocycles. The lowest BCUT2D eigenvalue weighted by atomic mass is 9.91. The second-order valence-electron chi connectivity index (χ2n) is 8.95. The van der Waals surface area contributed by atoms with E-state index in [1.807, 2.05) is 4.57 Å². The Labute approximate surface area is 190 Å². The van der Waals surface area contributed by atoms with E-state index in [9.17, 15) is 14.4 Å². The number of thiophene rings is 1. The molecule has 0 spiro atoms. The van der Waals surface area contributed by atoms with E-state index in [4.69, 9.17) is 4.74 Å². The third-order valence-corrected chi connectivity index (χ3v) is 7.61. The lowest BCUT2D eigenvalue weighted by molar-refractivity contribution is -0.117. The predicted molar refractivity (Wildman–Crippen MR) is 120 cm³/mol. The highest BCUT2D eigenvalue weighted by molar-refractivity contribution is 7.17. The monoisotopic (exact) mass is 456 g/mol. The maximum atomic E-state index is 13.2. The van der Waals surface area contributed by atoms with Gasteiger partial charge in [0.05, 0.1) is 18.5 Å². The molecule has 1 atom stereocenters. The zero-order valence-electron chi connectivity index (χ0n) is 18.2. The van der Waals surface area contributed by atoms with Crippen molar-refractivity contribution in [3.05, 3.63) is 34.2 Å². The molecule has 8 nitrogen and oxygen atoms in total. The number of carbonyl (C=O) groups excluding carboxylic acids is 3. The van der Waals surface area contributed by atoms with Crippen molar-refractivity contribution in [2.75, 3.05) is 18.5 Å². The van der Waals surface area contributed by atoms with E-state index in [0.29, 0.717) is 41.7 Å². The molecule has 5 rings (SSSR count). The van der Waals surface area contributed by atoms with Crippen molar-refractivity contribution >= 4 is 34.1 Å². The van der Waals surface area contributed by atoms with Crippen molar-refractivity contribution in [2.45, 2.75) is 57.9 Å². The number of hydrogen-bond acceptors (Lipinski definition) is 6. The van der Waals surface area contributed by atoms with Crippen molar-refractivity contribution in [1.82, 2.24) is 14.9 Å². The van der Waals surface area contributed by atoms with Gasteiger partial charge in [0, 0.05) is 29.6 Å². The number of esters is 1. The van der Waals surface area contributed by atoms with E-state index >= 15 is 0 Å². The van der Waals surface area contributed by atoms with Gasteiger partial charge in [-0.25, -0.2) is 9.78 Å². The molecular weight excluding hydrogens is 428 g/mol. The molecule has 2 heterocycles. The van der Waals surface area contributed by atoms with Crippen molar-refractivity contribution in [2.24, 2.45) is 11.8 Å². The molecule has 9 heteroatoms. The van der Waals surface area contributed by atoms with Gasteiger partial charge in [0.1, 0.15) is 5.00 Å². The zero-order chi connectivity index (χ0) is 22.2. The van der Waals surface area contributed by atoms with Gasteiger partial charge in [-0.3, -0.25) is 9.59 Å². The molecule has 0 aliphatic heterocycles. The minimum Gasteiger partial charge on any atom is -0.461 e. The molecule has 2 N–H and O–H groups in total. The summed E-state index contributed by atoms with van der Waals surface area (Å²) in [6.45, 7) is 2.76. The molecule has 2 aromatic heterocycles. The first-order chi connectivity index (χ1) is 15.5. The Morgan fingerprint density at radius 3 is 2.75 bits per heavy atom. The Bertz CT molecular complexity index is 1050. The van der Waals surface area contributed by atoms with Crippen LogP contribution in [-0.4, -0.2) is 40.5 Å². The molecule has 2 fully saturated rings. The number of ether oxygens (including phenoxy) is 1. The number of anilines is 1. The first kappa shape index (κ1) is 21.2. The second kappa shape index (κ2) is 8.69. The van der Waals surface area contributed by atoms with E-state index in [-0.39, 0.29) is 23.8 Å². The summed E-state index contributed by atoms with van der Waals surface area (Å²) >= 11 is 1.54.